The summed E-state index contributed by atoms with van der Waals surface area (Å²) in [6, 6.07) is 30.7. The predicted molar refractivity (Wildman–Crippen MR) is 185 cm³/mol. The Bertz CT molecular complexity index is 1240. The minimum absolute atomic E-state index is 0.552. The summed E-state index contributed by atoms with van der Waals surface area (Å²) in [4.78, 5) is 0. The molecule has 1 aliphatic carbocycles. The Labute approximate surface area is 248 Å². The van der Waals surface area contributed by atoms with Crippen LogP contribution in [0.25, 0.3) is 22.3 Å². The van der Waals surface area contributed by atoms with Gasteiger partial charge in [-0.2, -0.15) is 0 Å². The van der Waals surface area contributed by atoms with Gasteiger partial charge in [-0.3, -0.25) is 0 Å². The minimum Gasteiger partial charge on any atom is -0.106 e. The molecule has 5 rings (SSSR count). The van der Waals surface area contributed by atoms with Crippen molar-refractivity contribution in [2.45, 2.75) is 94.9 Å². The van der Waals surface area contributed by atoms with Crippen LogP contribution >= 0.6 is 0 Å². The van der Waals surface area contributed by atoms with Gasteiger partial charge in [-0.25, -0.2) is 0 Å². The Morgan fingerprint density at radius 1 is 0.500 bits per heavy atom. The third kappa shape index (κ3) is 10.6. The molecular weight excluding hydrogens is 480 g/mol. The zero-order valence-electron chi connectivity index (χ0n) is 27.5. The molecule has 1 atom stereocenters. The molecule has 0 nitrogen and oxygen atoms in total. The summed E-state index contributed by atoms with van der Waals surface area (Å²) in [5.41, 5.74) is 13.8. The molecule has 0 spiro atoms. The monoisotopic (exact) mass is 536 g/mol. The SMILES string of the molecule is C=C.CC.CCC.CCC.Cc1ccc(C)c(-c2ccccc2C)c1.Cc1ccc2c(c1)C(C)c1ccccc1-2. The predicted octanol–water partition coefficient (Wildman–Crippen LogP) is 13.1. The van der Waals surface area contributed by atoms with Gasteiger partial charge in [0, 0.05) is 5.92 Å². The molecule has 0 heteroatoms. The molecule has 0 fully saturated rings. The van der Waals surface area contributed by atoms with Crippen molar-refractivity contribution in [3.8, 4) is 22.3 Å². The molecule has 40 heavy (non-hydrogen) atoms. The topological polar surface area (TPSA) is 0 Å². The van der Waals surface area contributed by atoms with Crippen LogP contribution < -0.4 is 0 Å². The van der Waals surface area contributed by atoms with Gasteiger partial charge in [0.15, 0.2) is 0 Å². The first-order chi connectivity index (χ1) is 19.3. The van der Waals surface area contributed by atoms with Crippen LogP contribution in [-0.2, 0) is 0 Å². The molecule has 0 saturated carbocycles. The second-order valence-corrected chi connectivity index (χ2v) is 9.95. The van der Waals surface area contributed by atoms with E-state index >= 15 is 0 Å². The molecule has 216 valence electrons. The Morgan fingerprint density at radius 3 is 1.50 bits per heavy atom. The first kappa shape index (κ1) is 36.6. The van der Waals surface area contributed by atoms with Crippen LogP contribution in [0.15, 0.2) is 98.1 Å². The molecular formula is C40H56. The third-order valence-electron chi connectivity index (χ3n) is 6.22. The van der Waals surface area contributed by atoms with Crippen LogP contribution in [-0.4, -0.2) is 0 Å². The minimum atomic E-state index is 0.552. The smallest absolute Gasteiger partial charge is 0.00734 e. The van der Waals surface area contributed by atoms with Crippen LogP contribution in [0, 0.1) is 27.7 Å². The molecule has 0 bridgehead atoms. The fourth-order valence-corrected chi connectivity index (χ4v) is 4.47. The van der Waals surface area contributed by atoms with Crippen LogP contribution in [0.3, 0.4) is 0 Å². The highest BCUT2D eigenvalue weighted by Crippen LogP contribution is 2.44. The summed E-state index contributed by atoms with van der Waals surface area (Å²) < 4.78 is 0. The molecule has 1 unspecified atom stereocenters. The molecule has 0 saturated heterocycles. The van der Waals surface area contributed by atoms with E-state index in [2.05, 4.69) is 160 Å². The normalized spacial score (nSPS) is 11.5. The lowest BCUT2D eigenvalue weighted by molar-refractivity contribution is 0.954. The van der Waals surface area contributed by atoms with Crippen LogP contribution in [0.4, 0.5) is 0 Å². The quantitative estimate of drug-likeness (QED) is 0.212. The zero-order valence-corrected chi connectivity index (χ0v) is 27.5. The van der Waals surface area contributed by atoms with E-state index in [-0.39, 0.29) is 0 Å². The van der Waals surface area contributed by atoms with Crippen molar-refractivity contribution in [1.29, 1.82) is 0 Å². The van der Waals surface area contributed by atoms with Crippen molar-refractivity contribution < 1.29 is 0 Å². The van der Waals surface area contributed by atoms with Gasteiger partial charge in [0.25, 0.3) is 0 Å². The van der Waals surface area contributed by atoms with Gasteiger partial charge in [-0.05, 0) is 72.2 Å². The molecule has 0 aliphatic heterocycles. The van der Waals surface area contributed by atoms with Gasteiger partial charge in [0.1, 0.15) is 0 Å². The van der Waals surface area contributed by atoms with Crippen LogP contribution in [0.5, 0.6) is 0 Å². The summed E-state index contributed by atoms with van der Waals surface area (Å²) in [6.45, 7) is 29.4. The number of benzene rings is 4. The van der Waals surface area contributed by atoms with E-state index in [0.29, 0.717) is 5.92 Å². The Kier molecular flexibility index (Phi) is 18.8. The summed E-state index contributed by atoms with van der Waals surface area (Å²) >= 11 is 0. The van der Waals surface area contributed by atoms with E-state index in [0.717, 1.165) is 0 Å². The van der Waals surface area contributed by atoms with Crippen LogP contribution in [0.2, 0.25) is 0 Å². The van der Waals surface area contributed by atoms with Gasteiger partial charge < -0.3 is 0 Å². The number of rotatable bonds is 1. The van der Waals surface area contributed by atoms with E-state index in [1.165, 1.54) is 68.5 Å². The lowest BCUT2D eigenvalue weighted by atomic mass is 9.95. The van der Waals surface area contributed by atoms with Gasteiger partial charge in [0.2, 0.25) is 0 Å². The summed E-state index contributed by atoms with van der Waals surface area (Å²) in [7, 11) is 0. The average molecular weight is 537 g/mol. The Morgan fingerprint density at radius 2 is 0.925 bits per heavy atom. The lowest BCUT2D eigenvalue weighted by Gasteiger charge is -2.09. The molecule has 4 aromatic rings. The van der Waals surface area contributed by atoms with Crippen LogP contribution in [0.1, 0.15) is 101 Å². The number of aryl methyl sites for hydroxylation is 4. The molecule has 0 N–H and O–H groups in total. The highest BCUT2D eigenvalue weighted by molar-refractivity contribution is 5.78. The molecule has 0 heterocycles. The van der Waals surface area contributed by atoms with Gasteiger partial charge in [0.05, 0.1) is 0 Å². The first-order valence-corrected chi connectivity index (χ1v) is 15.1. The number of fused-ring (bicyclic) bond motifs is 3. The molecule has 0 amide bonds. The van der Waals surface area contributed by atoms with E-state index in [9.17, 15) is 0 Å². The maximum atomic E-state index is 3.00. The molecule has 0 aromatic heterocycles. The van der Waals surface area contributed by atoms with Crippen molar-refractivity contribution in [3.63, 3.8) is 0 Å². The highest BCUT2D eigenvalue weighted by atomic mass is 14.3. The summed E-state index contributed by atoms with van der Waals surface area (Å²) in [5.74, 6) is 0.552. The fourth-order valence-electron chi connectivity index (χ4n) is 4.47. The fraction of sp³-hybridized carbons (Fsp3) is 0.350. The van der Waals surface area contributed by atoms with Crippen molar-refractivity contribution >= 4 is 0 Å². The van der Waals surface area contributed by atoms with Crippen molar-refractivity contribution in [3.05, 3.63) is 131 Å². The van der Waals surface area contributed by atoms with E-state index in [1.54, 1.807) is 0 Å². The van der Waals surface area contributed by atoms with Crippen molar-refractivity contribution in [1.82, 2.24) is 0 Å². The van der Waals surface area contributed by atoms with Gasteiger partial charge in [-0.1, -0.05) is 157 Å². The maximum Gasteiger partial charge on any atom is 0.00734 e. The second-order valence-electron chi connectivity index (χ2n) is 9.95. The largest absolute Gasteiger partial charge is 0.106 e. The average Bonchev–Trinajstić information content (AvgIpc) is 3.25. The van der Waals surface area contributed by atoms with E-state index in [4.69, 9.17) is 0 Å². The summed E-state index contributed by atoms with van der Waals surface area (Å²) in [6.07, 6.45) is 2.50. The van der Waals surface area contributed by atoms with Crippen molar-refractivity contribution in [2.75, 3.05) is 0 Å². The molecule has 4 aromatic carbocycles. The summed E-state index contributed by atoms with van der Waals surface area (Å²) in [5, 5.41) is 0. The van der Waals surface area contributed by atoms with Gasteiger partial charge in [-0.15, -0.1) is 13.2 Å². The van der Waals surface area contributed by atoms with E-state index in [1.807, 2.05) is 13.8 Å². The maximum absolute atomic E-state index is 3.00. The molecule has 0 radical (unpaired) electrons. The van der Waals surface area contributed by atoms with Crippen molar-refractivity contribution in [2.24, 2.45) is 0 Å². The second kappa shape index (κ2) is 20.5. The number of hydrogen-bond donors (Lipinski definition) is 0. The van der Waals surface area contributed by atoms with E-state index < -0.39 is 0 Å². The third-order valence-corrected chi connectivity index (χ3v) is 6.22. The Balaban J connectivity index is 0.000000577. The standard InChI is InChI=1S/C15H14.C15H16.2C3H8.C2H6.C2H4/c1-10-7-8-14-13-6-4-3-5-12(13)11(2)15(14)9-10;1-11-8-9-13(3)15(10-11)14-7-5-4-6-12(14)2;2*1-3-2;2*1-2/h3-9,11H,1-2H3;4-10H,1-3H3;2*3H2,1-2H3;1-2H3;1-2H2. The zero-order chi connectivity index (χ0) is 30.7. The van der Waals surface area contributed by atoms with Gasteiger partial charge >= 0.3 is 0 Å². The lowest BCUT2D eigenvalue weighted by Crippen LogP contribution is -1.89. The highest BCUT2D eigenvalue weighted by Gasteiger charge is 2.24. The molecule has 1 aliphatic rings. The first-order valence-electron chi connectivity index (χ1n) is 15.1. The number of hydrogen-bond acceptors (Lipinski definition) is 0. The Hall–Kier alpha value is -3.38.